The Balaban J connectivity index is 1.88. The van der Waals surface area contributed by atoms with Crippen LogP contribution in [-0.4, -0.2) is 28.9 Å². The van der Waals surface area contributed by atoms with Crippen molar-refractivity contribution in [2.24, 2.45) is 0 Å². The predicted molar refractivity (Wildman–Crippen MR) is 110 cm³/mol. The van der Waals surface area contributed by atoms with Crippen LogP contribution in [-0.2, 0) is 15.9 Å². The molecule has 4 aromatic carbocycles. The summed E-state index contributed by atoms with van der Waals surface area (Å²) in [5.74, 6) is -2.05. The first-order valence-corrected chi connectivity index (χ1v) is 9.36. The molecule has 0 radical (unpaired) electrons. The van der Waals surface area contributed by atoms with Gasteiger partial charge in [-0.25, -0.2) is 9.59 Å². The number of esters is 2. The molecule has 5 rings (SSSR count). The van der Waals surface area contributed by atoms with Gasteiger partial charge in [0.25, 0.3) is 0 Å². The molecule has 0 atom stereocenters. The van der Waals surface area contributed by atoms with Gasteiger partial charge in [0.1, 0.15) is 22.6 Å². The normalized spacial score (nSPS) is 14.0. The molecule has 0 unspecified atom stereocenters. The molecule has 4 bridgehead atoms. The number of rotatable bonds is 0. The lowest BCUT2D eigenvalue weighted by molar-refractivity contribution is -0.0170. The summed E-state index contributed by atoms with van der Waals surface area (Å²) in [5, 5.41) is 24.9. The van der Waals surface area contributed by atoms with Crippen LogP contribution in [0.3, 0.4) is 0 Å². The number of hydrogen-bond acceptors (Lipinski definition) is 6. The lowest BCUT2D eigenvalue weighted by Gasteiger charge is -2.18. The summed E-state index contributed by atoms with van der Waals surface area (Å²) in [7, 11) is 0. The molecule has 30 heavy (non-hydrogen) atoms. The average molecular weight is 400 g/mol. The van der Waals surface area contributed by atoms with E-state index in [9.17, 15) is 19.8 Å². The van der Waals surface area contributed by atoms with Crippen molar-refractivity contribution in [2.75, 3.05) is 6.79 Å². The minimum Gasteiger partial charge on any atom is -0.507 e. The minimum atomic E-state index is -0.800. The van der Waals surface area contributed by atoms with Gasteiger partial charge in [0.05, 0.1) is 0 Å². The van der Waals surface area contributed by atoms with Gasteiger partial charge in [-0.05, 0) is 33.7 Å². The maximum Gasteiger partial charge on any atom is 0.344 e. The summed E-state index contributed by atoms with van der Waals surface area (Å²) >= 11 is 0. The van der Waals surface area contributed by atoms with Crippen molar-refractivity contribution in [3.05, 3.63) is 82.9 Å². The predicted octanol–water partition coefficient (Wildman–Crippen LogP) is 4.28. The van der Waals surface area contributed by atoms with E-state index in [1.807, 2.05) is 48.5 Å². The third-order valence-electron chi connectivity index (χ3n) is 5.43. The summed E-state index contributed by atoms with van der Waals surface area (Å²) in [6, 6.07) is 17.7. The fraction of sp³-hybridized carbons (Fsp3) is 0.0833. The summed E-state index contributed by atoms with van der Waals surface area (Å²) < 4.78 is 10.1. The molecular weight excluding hydrogens is 384 g/mol. The number of aromatic hydroxyl groups is 2. The zero-order chi connectivity index (χ0) is 20.8. The topological polar surface area (TPSA) is 93.1 Å². The van der Waals surface area contributed by atoms with Crippen LogP contribution in [0.4, 0.5) is 0 Å². The number of carbonyl (C=O) groups excluding carboxylic acids is 2. The van der Waals surface area contributed by atoms with Gasteiger partial charge in [-0.2, -0.15) is 0 Å². The largest absolute Gasteiger partial charge is 0.507 e. The first kappa shape index (κ1) is 18.0. The number of ether oxygens (including phenoxy) is 2. The van der Waals surface area contributed by atoms with Crippen LogP contribution in [0.25, 0.3) is 21.5 Å². The van der Waals surface area contributed by atoms with Crippen molar-refractivity contribution < 1.29 is 29.3 Å². The number of fused-ring (bicyclic) bond motifs is 8. The molecule has 1 aliphatic heterocycles. The van der Waals surface area contributed by atoms with Gasteiger partial charge in [-0.1, -0.05) is 48.5 Å². The SMILES string of the molecule is O=C1OCOC(=O)c2cc3ccccc3c(c2O)Cc2c(O)c1cc1ccccc21. The van der Waals surface area contributed by atoms with E-state index in [0.29, 0.717) is 11.1 Å². The van der Waals surface area contributed by atoms with Crippen molar-refractivity contribution in [2.45, 2.75) is 6.42 Å². The maximum absolute atomic E-state index is 12.5. The average Bonchev–Trinajstić information content (AvgIpc) is 2.75. The molecule has 1 heterocycles. The first-order chi connectivity index (χ1) is 14.5. The smallest absolute Gasteiger partial charge is 0.344 e. The van der Waals surface area contributed by atoms with Gasteiger partial charge in [0.2, 0.25) is 6.79 Å². The van der Waals surface area contributed by atoms with E-state index >= 15 is 0 Å². The Kier molecular flexibility index (Phi) is 4.06. The van der Waals surface area contributed by atoms with Crippen LogP contribution in [0.15, 0.2) is 60.7 Å². The number of cyclic esters (lactones) is 2. The summed E-state index contributed by atoms with van der Waals surface area (Å²) in [6.07, 6.45) is 0.0981. The van der Waals surface area contributed by atoms with Gasteiger partial charge in [-0.15, -0.1) is 0 Å². The zero-order valence-electron chi connectivity index (χ0n) is 15.7. The molecule has 0 saturated heterocycles. The van der Waals surface area contributed by atoms with E-state index in [1.54, 1.807) is 12.1 Å². The summed E-state index contributed by atoms with van der Waals surface area (Å²) in [5.41, 5.74) is 0.874. The highest BCUT2D eigenvalue weighted by Gasteiger charge is 2.25. The Bertz CT molecular complexity index is 1250. The number of benzene rings is 4. The fourth-order valence-corrected chi connectivity index (χ4v) is 3.96. The third-order valence-corrected chi connectivity index (χ3v) is 5.43. The molecule has 0 saturated carbocycles. The van der Waals surface area contributed by atoms with Crippen LogP contribution in [0.2, 0.25) is 0 Å². The van der Waals surface area contributed by atoms with Gasteiger partial charge in [0, 0.05) is 17.5 Å². The van der Waals surface area contributed by atoms with Gasteiger partial charge >= 0.3 is 11.9 Å². The van der Waals surface area contributed by atoms with Crippen molar-refractivity contribution in [1.82, 2.24) is 0 Å². The highest BCUT2D eigenvalue weighted by atomic mass is 16.7. The van der Waals surface area contributed by atoms with Crippen LogP contribution in [0, 0.1) is 0 Å². The highest BCUT2D eigenvalue weighted by molar-refractivity contribution is 6.03. The number of phenolic OH excluding ortho intramolecular Hbond substituents is 2. The molecule has 4 aromatic rings. The lowest BCUT2D eigenvalue weighted by atomic mass is 9.90. The molecule has 1 aliphatic rings. The number of phenols is 2. The van der Waals surface area contributed by atoms with Gasteiger partial charge < -0.3 is 19.7 Å². The zero-order valence-corrected chi connectivity index (χ0v) is 15.7. The standard InChI is InChI=1S/C24H16O6/c25-21-17-11-18-16-8-4-2-6-14(16)10-20(22(18)26)24(28)30-12-29-23(27)19(21)9-13-5-1-3-7-15(13)17/h1-10,25-26H,11-12H2. The Morgan fingerprint density at radius 3 is 1.57 bits per heavy atom. The summed E-state index contributed by atoms with van der Waals surface area (Å²) in [4.78, 5) is 25.0. The lowest BCUT2D eigenvalue weighted by Crippen LogP contribution is -2.15. The maximum atomic E-state index is 12.5. The second-order valence-electron chi connectivity index (χ2n) is 7.10. The molecular formula is C24H16O6. The molecule has 0 spiro atoms. The molecule has 0 aliphatic carbocycles. The highest BCUT2D eigenvalue weighted by Crippen LogP contribution is 2.39. The van der Waals surface area contributed by atoms with E-state index in [1.165, 1.54) is 0 Å². The van der Waals surface area contributed by atoms with Crippen LogP contribution < -0.4 is 0 Å². The van der Waals surface area contributed by atoms with Crippen LogP contribution in [0.5, 0.6) is 11.5 Å². The molecule has 6 heteroatoms. The van der Waals surface area contributed by atoms with E-state index in [0.717, 1.165) is 21.5 Å². The van der Waals surface area contributed by atoms with Crippen molar-refractivity contribution >= 4 is 33.5 Å². The van der Waals surface area contributed by atoms with Crippen LogP contribution >= 0.6 is 0 Å². The van der Waals surface area contributed by atoms with E-state index in [4.69, 9.17) is 9.47 Å². The molecule has 6 nitrogen and oxygen atoms in total. The third kappa shape index (κ3) is 2.73. The Morgan fingerprint density at radius 2 is 1.10 bits per heavy atom. The monoisotopic (exact) mass is 400 g/mol. The fourth-order valence-electron chi connectivity index (χ4n) is 3.96. The van der Waals surface area contributed by atoms with Crippen molar-refractivity contribution in [3.8, 4) is 11.5 Å². The summed E-state index contributed by atoms with van der Waals surface area (Å²) in [6.45, 7) is -0.638. The Hall–Kier alpha value is -4.06. The Morgan fingerprint density at radius 1 is 0.667 bits per heavy atom. The molecule has 0 fully saturated rings. The van der Waals surface area contributed by atoms with Crippen molar-refractivity contribution in [1.29, 1.82) is 0 Å². The van der Waals surface area contributed by atoms with Gasteiger partial charge in [0.15, 0.2) is 0 Å². The molecule has 0 amide bonds. The van der Waals surface area contributed by atoms with Gasteiger partial charge in [-0.3, -0.25) is 0 Å². The number of hydrogen-bond donors (Lipinski definition) is 2. The first-order valence-electron chi connectivity index (χ1n) is 9.36. The van der Waals surface area contributed by atoms with Crippen molar-refractivity contribution in [3.63, 3.8) is 0 Å². The minimum absolute atomic E-state index is 0.0275. The van der Waals surface area contributed by atoms with E-state index in [2.05, 4.69) is 0 Å². The van der Waals surface area contributed by atoms with E-state index < -0.39 is 18.7 Å². The Labute approximate surface area is 170 Å². The quantitative estimate of drug-likeness (QED) is 0.428. The number of carbonyl (C=O) groups is 2. The second kappa shape index (κ2) is 6.77. The molecule has 2 N–H and O–H groups in total. The van der Waals surface area contributed by atoms with Crippen LogP contribution in [0.1, 0.15) is 31.8 Å². The molecule has 148 valence electrons. The van der Waals surface area contributed by atoms with E-state index in [-0.39, 0.29) is 29.0 Å². The molecule has 0 aromatic heterocycles. The second-order valence-corrected chi connectivity index (χ2v) is 7.10.